The van der Waals surface area contributed by atoms with Gasteiger partial charge >= 0.3 is 0 Å². The number of imidazole rings is 1. The normalized spacial score (nSPS) is 15.9. The van der Waals surface area contributed by atoms with Crippen molar-refractivity contribution in [2.75, 3.05) is 13.1 Å². The lowest BCUT2D eigenvalue weighted by molar-refractivity contribution is -0.127. The summed E-state index contributed by atoms with van der Waals surface area (Å²) in [6.45, 7) is 4.59. The third-order valence-electron chi connectivity index (χ3n) is 6.68. The SMILES string of the molecule is C[C@@H](NC(=O)C1CCN(Cc2nc3ccccc3n2-c2cccc(Br)c2)CC1)c1ccccc1. The average Bonchev–Trinajstić information content (AvgIpc) is 3.22. The number of hydrogen-bond acceptors (Lipinski definition) is 3. The highest BCUT2D eigenvalue weighted by Crippen LogP contribution is 2.26. The Morgan fingerprint density at radius 2 is 1.76 bits per heavy atom. The lowest BCUT2D eigenvalue weighted by Gasteiger charge is -2.31. The molecule has 1 aliphatic heterocycles. The Bertz CT molecular complexity index is 1280. The number of halogens is 1. The van der Waals surface area contributed by atoms with Crippen molar-refractivity contribution in [3.8, 4) is 5.69 Å². The summed E-state index contributed by atoms with van der Waals surface area (Å²) < 4.78 is 3.30. The monoisotopic (exact) mass is 516 g/mol. The lowest BCUT2D eigenvalue weighted by atomic mass is 9.95. The molecule has 0 saturated carbocycles. The number of carbonyl (C=O) groups excluding carboxylic acids is 1. The molecule has 0 spiro atoms. The van der Waals surface area contributed by atoms with Gasteiger partial charge in [-0.15, -0.1) is 0 Å². The van der Waals surface area contributed by atoms with Crippen LogP contribution in [0.3, 0.4) is 0 Å². The van der Waals surface area contributed by atoms with E-state index in [0.717, 1.165) is 65.1 Å². The minimum absolute atomic E-state index is 0.0248. The minimum atomic E-state index is 0.0248. The van der Waals surface area contributed by atoms with Crippen LogP contribution in [0.25, 0.3) is 16.7 Å². The van der Waals surface area contributed by atoms with Gasteiger partial charge in [0.25, 0.3) is 0 Å². The standard InChI is InChI=1S/C28H29BrN4O/c1-20(21-8-3-2-4-9-21)30-28(34)22-14-16-32(17-15-22)19-27-31-25-12-5-6-13-26(25)33(27)24-11-7-10-23(29)18-24/h2-13,18,20,22H,14-17,19H2,1H3,(H,30,34)/t20-/m1/s1. The highest BCUT2D eigenvalue weighted by molar-refractivity contribution is 9.10. The molecule has 174 valence electrons. The number of rotatable bonds is 6. The lowest BCUT2D eigenvalue weighted by Crippen LogP contribution is -2.41. The van der Waals surface area contributed by atoms with E-state index in [1.165, 1.54) is 0 Å². The first-order chi connectivity index (χ1) is 16.6. The van der Waals surface area contributed by atoms with Crippen LogP contribution in [-0.2, 0) is 11.3 Å². The number of nitrogens with one attached hydrogen (secondary N) is 1. The predicted octanol–water partition coefficient (Wildman–Crippen LogP) is 5.88. The van der Waals surface area contributed by atoms with Gasteiger partial charge in [-0.05, 0) is 68.8 Å². The van der Waals surface area contributed by atoms with E-state index in [1.54, 1.807) is 0 Å². The Morgan fingerprint density at radius 3 is 2.53 bits per heavy atom. The molecule has 0 bridgehead atoms. The number of piperidine rings is 1. The second-order valence-corrected chi connectivity index (χ2v) is 9.94. The fourth-order valence-corrected chi connectivity index (χ4v) is 5.18. The number of fused-ring (bicyclic) bond motifs is 1. The number of aromatic nitrogens is 2. The van der Waals surface area contributed by atoms with Gasteiger partial charge in [0.1, 0.15) is 5.82 Å². The summed E-state index contributed by atoms with van der Waals surface area (Å²) >= 11 is 3.60. The molecule has 5 nitrogen and oxygen atoms in total. The molecule has 5 rings (SSSR count). The highest BCUT2D eigenvalue weighted by atomic mass is 79.9. The summed E-state index contributed by atoms with van der Waals surface area (Å²) in [6.07, 6.45) is 1.73. The fourth-order valence-electron chi connectivity index (χ4n) is 4.79. The number of hydrogen-bond donors (Lipinski definition) is 1. The Labute approximate surface area is 208 Å². The van der Waals surface area contributed by atoms with Gasteiger partial charge in [-0.2, -0.15) is 0 Å². The van der Waals surface area contributed by atoms with Crippen LogP contribution in [-0.4, -0.2) is 33.4 Å². The van der Waals surface area contributed by atoms with E-state index < -0.39 is 0 Å². The molecular formula is C28H29BrN4O. The van der Waals surface area contributed by atoms with Crippen LogP contribution in [0.1, 0.15) is 37.2 Å². The molecule has 1 fully saturated rings. The van der Waals surface area contributed by atoms with Gasteiger partial charge in [0, 0.05) is 16.1 Å². The molecule has 1 saturated heterocycles. The largest absolute Gasteiger partial charge is 0.349 e. The average molecular weight is 517 g/mol. The van der Waals surface area contributed by atoms with Crippen molar-refractivity contribution in [1.82, 2.24) is 19.8 Å². The third-order valence-corrected chi connectivity index (χ3v) is 7.17. The molecule has 0 aliphatic carbocycles. The van der Waals surface area contributed by atoms with E-state index in [9.17, 15) is 4.79 Å². The van der Waals surface area contributed by atoms with Gasteiger partial charge in [-0.1, -0.05) is 64.5 Å². The quantitative estimate of drug-likeness (QED) is 0.348. The highest BCUT2D eigenvalue weighted by Gasteiger charge is 2.27. The van der Waals surface area contributed by atoms with E-state index in [4.69, 9.17) is 4.98 Å². The fraction of sp³-hybridized carbons (Fsp3) is 0.286. The van der Waals surface area contributed by atoms with Crippen LogP contribution in [0.2, 0.25) is 0 Å². The van der Waals surface area contributed by atoms with Gasteiger partial charge in [0.15, 0.2) is 0 Å². The summed E-state index contributed by atoms with van der Waals surface area (Å²) in [5.41, 5.74) is 4.35. The molecule has 1 aromatic heterocycles. The van der Waals surface area contributed by atoms with Crippen molar-refractivity contribution in [3.05, 3.63) is 94.7 Å². The Kier molecular flexibility index (Phi) is 6.79. The summed E-state index contributed by atoms with van der Waals surface area (Å²) in [7, 11) is 0. The van der Waals surface area contributed by atoms with Crippen molar-refractivity contribution in [3.63, 3.8) is 0 Å². The third kappa shape index (κ3) is 4.93. The minimum Gasteiger partial charge on any atom is -0.349 e. The predicted molar refractivity (Wildman–Crippen MR) is 140 cm³/mol. The van der Waals surface area contributed by atoms with Gasteiger partial charge < -0.3 is 5.32 Å². The first-order valence-electron chi connectivity index (χ1n) is 11.9. The first-order valence-corrected chi connectivity index (χ1v) is 12.7. The number of likely N-dealkylation sites (tertiary alicyclic amines) is 1. The van der Waals surface area contributed by atoms with Gasteiger partial charge in [-0.3, -0.25) is 14.3 Å². The Morgan fingerprint density at radius 1 is 1.03 bits per heavy atom. The molecule has 0 unspecified atom stereocenters. The van der Waals surface area contributed by atoms with Crippen LogP contribution in [0.5, 0.6) is 0 Å². The molecule has 1 N–H and O–H groups in total. The van der Waals surface area contributed by atoms with E-state index in [-0.39, 0.29) is 17.9 Å². The van der Waals surface area contributed by atoms with E-state index in [2.05, 4.69) is 86.2 Å². The van der Waals surface area contributed by atoms with Crippen molar-refractivity contribution in [1.29, 1.82) is 0 Å². The number of nitrogens with zero attached hydrogens (tertiary/aromatic N) is 3. The first kappa shape index (κ1) is 22.8. The zero-order chi connectivity index (χ0) is 23.5. The number of carbonyl (C=O) groups is 1. The number of para-hydroxylation sites is 2. The molecule has 1 aliphatic rings. The second kappa shape index (κ2) is 10.1. The van der Waals surface area contributed by atoms with Gasteiger partial charge in [0.2, 0.25) is 5.91 Å². The van der Waals surface area contributed by atoms with Crippen molar-refractivity contribution in [2.45, 2.75) is 32.4 Å². The molecule has 1 atom stereocenters. The van der Waals surface area contributed by atoms with Gasteiger partial charge in [0.05, 0.1) is 23.6 Å². The van der Waals surface area contributed by atoms with Crippen LogP contribution in [0, 0.1) is 5.92 Å². The zero-order valence-electron chi connectivity index (χ0n) is 19.3. The molecule has 4 aromatic rings. The number of amides is 1. The van der Waals surface area contributed by atoms with E-state index in [0.29, 0.717) is 0 Å². The van der Waals surface area contributed by atoms with Crippen LogP contribution in [0.15, 0.2) is 83.3 Å². The molecule has 6 heteroatoms. The summed E-state index contributed by atoms with van der Waals surface area (Å²) in [5, 5.41) is 3.21. The van der Waals surface area contributed by atoms with Gasteiger partial charge in [-0.25, -0.2) is 4.98 Å². The molecule has 0 radical (unpaired) electrons. The Balaban J connectivity index is 1.27. The molecule has 34 heavy (non-hydrogen) atoms. The van der Waals surface area contributed by atoms with Crippen molar-refractivity contribution < 1.29 is 4.79 Å². The number of benzene rings is 3. The molecule has 1 amide bonds. The zero-order valence-corrected chi connectivity index (χ0v) is 20.9. The van der Waals surface area contributed by atoms with Crippen LogP contribution in [0.4, 0.5) is 0 Å². The maximum Gasteiger partial charge on any atom is 0.223 e. The van der Waals surface area contributed by atoms with Crippen LogP contribution < -0.4 is 5.32 Å². The topological polar surface area (TPSA) is 50.2 Å². The maximum absolute atomic E-state index is 12.9. The summed E-state index contributed by atoms with van der Waals surface area (Å²) in [4.78, 5) is 20.3. The molecular weight excluding hydrogens is 488 g/mol. The van der Waals surface area contributed by atoms with E-state index >= 15 is 0 Å². The van der Waals surface area contributed by atoms with Crippen molar-refractivity contribution in [2.24, 2.45) is 5.92 Å². The smallest absolute Gasteiger partial charge is 0.223 e. The van der Waals surface area contributed by atoms with E-state index in [1.807, 2.05) is 30.3 Å². The molecule has 3 aromatic carbocycles. The summed E-state index contributed by atoms with van der Waals surface area (Å²) in [5.74, 6) is 1.25. The maximum atomic E-state index is 12.9. The van der Waals surface area contributed by atoms with Crippen LogP contribution >= 0.6 is 15.9 Å². The Hall–Kier alpha value is -2.96. The van der Waals surface area contributed by atoms with Crippen molar-refractivity contribution >= 4 is 32.9 Å². The summed E-state index contributed by atoms with van der Waals surface area (Å²) in [6, 6.07) is 26.8. The molecule has 2 heterocycles. The second-order valence-electron chi connectivity index (χ2n) is 9.02.